The Morgan fingerprint density at radius 2 is 1.83 bits per heavy atom. The molecule has 2 aliphatic heterocycles. The van der Waals surface area contributed by atoms with E-state index in [9.17, 15) is 0 Å². The van der Waals surface area contributed by atoms with Gasteiger partial charge < -0.3 is 14.2 Å². The van der Waals surface area contributed by atoms with Crippen molar-refractivity contribution in [3.05, 3.63) is 53.9 Å². The van der Waals surface area contributed by atoms with E-state index >= 15 is 0 Å². The van der Waals surface area contributed by atoms with E-state index in [1.807, 2.05) is 18.5 Å². The first-order valence-corrected chi connectivity index (χ1v) is 8.48. The molecule has 1 aromatic carbocycles. The molecule has 0 bridgehead atoms. The molecule has 3 heterocycles. The van der Waals surface area contributed by atoms with Crippen molar-refractivity contribution in [1.29, 1.82) is 0 Å². The average Bonchev–Trinajstić information content (AvgIpc) is 3.27. The lowest BCUT2D eigenvalue weighted by Gasteiger charge is -2.25. The second-order valence-corrected chi connectivity index (χ2v) is 6.35. The summed E-state index contributed by atoms with van der Waals surface area (Å²) in [7, 11) is 0. The Bertz CT molecular complexity index is 672. The van der Waals surface area contributed by atoms with E-state index in [-0.39, 0.29) is 0 Å². The highest BCUT2D eigenvalue weighted by Gasteiger charge is 2.20. The van der Waals surface area contributed by atoms with Gasteiger partial charge in [0, 0.05) is 38.6 Å². The van der Waals surface area contributed by atoms with Crippen LogP contribution in [0.4, 0.5) is 0 Å². The van der Waals surface area contributed by atoms with Gasteiger partial charge in [-0.25, -0.2) is 0 Å². The second kappa shape index (κ2) is 7.20. The number of benzene rings is 1. The monoisotopic (exact) mass is 326 g/mol. The van der Waals surface area contributed by atoms with E-state index < -0.39 is 0 Å². The predicted octanol–water partition coefficient (Wildman–Crippen LogP) is 2.99. The van der Waals surface area contributed by atoms with Crippen LogP contribution in [0.1, 0.15) is 24.0 Å². The summed E-state index contributed by atoms with van der Waals surface area (Å²) >= 11 is 0. The van der Waals surface area contributed by atoms with Crippen LogP contribution < -0.4 is 9.47 Å². The first-order valence-electron chi connectivity index (χ1n) is 8.48. The average molecular weight is 326 g/mol. The highest BCUT2D eigenvalue weighted by molar-refractivity contribution is 5.44. The minimum atomic E-state index is 0.315. The molecule has 5 heteroatoms. The van der Waals surface area contributed by atoms with Crippen LogP contribution >= 0.6 is 0 Å². The zero-order chi connectivity index (χ0) is 16.2. The summed E-state index contributed by atoms with van der Waals surface area (Å²) in [6.07, 6.45) is 6.34. The van der Waals surface area contributed by atoms with Crippen LogP contribution in [0.5, 0.6) is 11.5 Å². The van der Waals surface area contributed by atoms with Gasteiger partial charge in [0.2, 0.25) is 6.79 Å². The van der Waals surface area contributed by atoms with Gasteiger partial charge >= 0.3 is 0 Å². The van der Waals surface area contributed by atoms with Gasteiger partial charge in [-0.15, -0.1) is 0 Å². The zero-order valence-electron chi connectivity index (χ0n) is 13.7. The van der Waals surface area contributed by atoms with E-state index in [0.29, 0.717) is 12.9 Å². The molecular formula is C19H22N2O3. The Labute approximate surface area is 142 Å². The largest absolute Gasteiger partial charge is 0.454 e. The smallest absolute Gasteiger partial charge is 0.231 e. The van der Waals surface area contributed by atoms with Gasteiger partial charge in [-0.1, -0.05) is 6.07 Å². The van der Waals surface area contributed by atoms with Gasteiger partial charge in [-0.05, 0) is 48.2 Å². The fourth-order valence-electron chi connectivity index (χ4n) is 3.31. The Kier molecular flexibility index (Phi) is 4.62. The van der Waals surface area contributed by atoms with Crippen LogP contribution in [0.2, 0.25) is 0 Å². The summed E-state index contributed by atoms with van der Waals surface area (Å²) in [6.45, 7) is 3.89. The van der Waals surface area contributed by atoms with Crippen LogP contribution in [-0.2, 0) is 17.8 Å². The first-order chi connectivity index (χ1) is 11.9. The van der Waals surface area contributed by atoms with E-state index in [0.717, 1.165) is 50.6 Å². The van der Waals surface area contributed by atoms with Crippen molar-refractivity contribution in [3.63, 3.8) is 0 Å². The molecule has 0 amide bonds. The van der Waals surface area contributed by atoms with E-state index in [4.69, 9.17) is 14.2 Å². The third kappa shape index (κ3) is 3.68. The van der Waals surface area contributed by atoms with Gasteiger partial charge in [0.05, 0.1) is 6.10 Å². The van der Waals surface area contributed by atoms with E-state index in [1.165, 1.54) is 11.1 Å². The molecule has 2 aromatic rings. The third-order valence-corrected chi connectivity index (χ3v) is 4.48. The highest BCUT2D eigenvalue weighted by Crippen LogP contribution is 2.33. The molecule has 0 spiro atoms. The molecule has 4 rings (SSSR count). The Morgan fingerprint density at radius 3 is 2.67 bits per heavy atom. The molecule has 2 aliphatic rings. The lowest BCUT2D eigenvalue weighted by Crippen LogP contribution is -2.31. The lowest BCUT2D eigenvalue weighted by molar-refractivity contribution is 0.0679. The molecule has 126 valence electrons. The zero-order valence-corrected chi connectivity index (χ0v) is 13.7. The number of nitrogens with zero attached hydrogens (tertiary/aromatic N) is 2. The SMILES string of the molecule is c1cc(CN(Cc2ccc3c(c2)OCO3)CC2CCCO2)ccn1. The molecule has 24 heavy (non-hydrogen) atoms. The summed E-state index contributed by atoms with van der Waals surface area (Å²) in [5.41, 5.74) is 2.50. The van der Waals surface area contributed by atoms with E-state index in [1.54, 1.807) is 0 Å². The normalized spacial score (nSPS) is 19.1. The molecule has 1 saturated heterocycles. The molecule has 1 aromatic heterocycles. The van der Waals surface area contributed by atoms with E-state index in [2.05, 4.69) is 34.1 Å². The fourth-order valence-corrected chi connectivity index (χ4v) is 3.31. The molecule has 0 aliphatic carbocycles. The minimum absolute atomic E-state index is 0.315. The molecule has 5 nitrogen and oxygen atoms in total. The number of ether oxygens (including phenoxy) is 3. The topological polar surface area (TPSA) is 43.8 Å². The van der Waals surface area contributed by atoms with Crippen molar-refractivity contribution in [1.82, 2.24) is 9.88 Å². The maximum Gasteiger partial charge on any atom is 0.231 e. The summed E-state index contributed by atoms with van der Waals surface area (Å²) in [5, 5.41) is 0. The van der Waals surface area contributed by atoms with Crippen LogP contribution in [-0.4, -0.2) is 35.9 Å². The van der Waals surface area contributed by atoms with Crippen molar-refractivity contribution in [2.45, 2.75) is 32.0 Å². The van der Waals surface area contributed by atoms with Gasteiger partial charge in [0.25, 0.3) is 0 Å². The quantitative estimate of drug-likeness (QED) is 0.816. The first kappa shape index (κ1) is 15.4. The highest BCUT2D eigenvalue weighted by atomic mass is 16.7. The van der Waals surface area contributed by atoms with Crippen molar-refractivity contribution in [2.75, 3.05) is 19.9 Å². The van der Waals surface area contributed by atoms with Gasteiger partial charge in [-0.2, -0.15) is 0 Å². The standard InChI is InChI=1S/C19H22N2O3/c1-2-17(22-9-1)13-21(11-15-5-7-20-8-6-15)12-16-3-4-18-19(10-16)24-14-23-18/h3-8,10,17H,1-2,9,11-14H2. The number of hydrogen-bond acceptors (Lipinski definition) is 5. The Morgan fingerprint density at radius 1 is 1.00 bits per heavy atom. The summed E-state index contributed by atoms with van der Waals surface area (Å²) < 4.78 is 16.7. The molecule has 1 atom stereocenters. The van der Waals surface area contributed by atoms with Gasteiger partial charge in [-0.3, -0.25) is 9.88 Å². The minimum Gasteiger partial charge on any atom is -0.454 e. The van der Waals surface area contributed by atoms with Crippen molar-refractivity contribution < 1.29 is 14.2 Å². The third-order valence-electron chi connectivity index (χ3n) is 4.48. The van der Waals surface area contributed by atoms with Gasteiger partial charge in [0.1, 0.15) is 0 Å². The number of hydrogen-bond donors (Lipinski definition) is 0. The predicted molar refractivity (Wildman–Crippen MR) is 89.9 cm³/mol. The Balaban J connectivity index is 1.48. The second-order valence-electron chi connectivity index (χ2n) is 6.35. The summed E-state index contributed by atoms with van der Waals surface area (Å²) in [5.74, 6) is 1.67. The van der Waals surface area contributed by atoms with Crippen LogP contribution in [0.15, 0.2) is 42.7 Å². The summed E-state index contributed by atoms with van der Waals surface area (Å²) in [4.78, 5) is 6.54. The Hall–Kier alpha value is -2.11. The van der Waals surface area contributed by atoms with Crippen LogP contribution in [0, 0.1) is 0 Å². The van der Waals surface area contributed by atoms with Crippen molar-refractivity contribution >= 4 is 0 Å². The molecule has 1 fully saturated rings. The fraction of sp³-hybridized carbons (Fsp3) is 0.421. The number of pyridine rings is 1. The molecular weight excluding hydrogens is 304 g/mol. The molecule has 1 unspecified atom stereocenters. The molecule has 0 N–H and O–H groups in total. The van der Waals surface area contributed by atoms with Crippen molar-refractivity contribution in [3.8, 4) is 11.5 Å². The summed E-state index contributed by atoms with van der Waals surface area (Å²) in [6, 6.07) is 10.3. The number of fused-ring (bicyclic) bond motifs is 1. The number of aromatic nitrogens is 1. The van der Waals surface area contributed by atoms with Crippen molar-refractivity contribution in [2.24, 2.45) is 0 Å². The van der Waals surface area contributed by atoms with Crippen LogP contribution in [0.3, 0.4) is 0 Å². The number of rotatable bonds is 6. The maximum atomic E-state index is 5.83. The van der Waals surface area contributed by atoms with Gasteiger partial charge in [0.15, 0.2) is 11.5 Å². The lowest BCUT2D eigenvalue weighted by atomic mass is 10.1. The molecule has 0 saturated carbocycles. The van der Waals surface area contributed by atoms with Crippen LogP contribution in [0.25, 0.3) is 0 Å². The molecule has 0 radical (unpaired) electrons. The maximum absolute atomic E-state index is 5.83.